The molecule has 0 radical (unpaired) electrons. The van der Waals surface area contributed by atoms with Crippen LogP contribution in [0, 0.1) is 0 Å². The Morgan fingerprint density at radius 1 is 0.938 bits per heavy atom. The van der Waals surface area contributed by atoms with Crippen LogP contribution in [0.25, 0.3) is 0 Å². The minimum absolute atomic E-state index is 0.185. The maximum atomic E-state index is 12.8. The zero-order valence-electron chi connectivity index (χ0n) is 20.4. The van der Waals surface area contributed by atoms with Gasteiger partial charge in [0.1, 0.15) is 0 Å². The van der Waals surface area contributed by atoms with Gasteiger partial charge in [-0.1, -0.05) is 63.6 Å². The second kappa shape index (κ2) is 13.8. The fraction of sp³-hybridized carbons (Fsp3) is 0.556. The van der Waals surface area contributed by atoms with Crippen LogP contribution in [0.4, 0.5) is 0 Å². The molecule has 1 atom stereocenters. The summed E-state index contributed by atoms with van der Waals surface area (Å²) in [5.41, 5.74) is 3.71. The lowest BCUT2D eigenvalue weighted by Crippen LogP contribution is -2.26. The Kier molecular flexibility index (Phi) is 11.4. The van der Waals surface area contributed by atoms with Crippen molar-refractivity contribution in [1.82, 2.24) is 10.2 Å². The Hall–Kier alpha value is -1.69. The maximum absolute atomic E-state index is 12.8. The van der Waals surface area contributed by atoms with E-state index in [9.17, 15) is 8.42 Å². The molecule has 0 saturated heterocycles. The van der Waals surface area contributed by atoms with Crippen molar-refractivity contribution in [2.45, 2.75) is 70.2 Å². The molecule has 0 bridgehead atoms. The van der Waals surface area contributed by atoms with E-state index < -0.39 is 9.84 Å². The molecule has 0 aliphatic heterocycles. The summed E-state index contributed by atoms with van der Waals surface area (Å²) in [7, 11) is -1.12. The molecular weight excluding hydrogens is 416 g/mol. The number of hydrogen-bond acceptors (Lipinski definition) is 4. The van der Waals surface area contributed by atoms with Crippen molar-refractivity contribution in [2.75, 3.05) is 32.4 Å². The van der Waals surface area contributed by atoms with Gasteiger partial charge in [-0.2, -0.15) is 0 Å². The predicted octanol–water partition coefficient (Wildman–Crippen LogP) is 5.43. The number of sulfone groups is 1. The second-order valence-electron chi connectivity index (χ2n) is 8.73. The van der Waals surface area contributed by atoms with Crippen molar-refractivity contribution in [1.29, 1.82) is 0 Å². The minimum Gasteiger partial charge on any atom is -0.310 e. The first kappa shape index (κ1) is 26.6. The molecule has 0 aliphatic carbocycles. The number of aryl methyl sites for hydroxylation is 2. The molecule has 0 heterocycles. The number of hydrogen-bond donors (Lipinski definition) is 1. The Labute approximate surface area is 196 Å². The summed E-state index contributed by atoms with van der Waals surface area (Å²) in [6.07, 6.45) is 5.72. The van der Waals surface area contributed by atoms with Gasteiger partial charge in [-0.25, -0.2) is 8.42 Å². The number of benzene rings is 2. The van der Waals surface area contributed by atoms with Gasteiger partial charge in [-0.05, 0) is 87.6 Å². The largest absolute Gasteiger partial charge is 0.310 e. The van der Waals surface area contributed by atoms with E-state index in [0.29, 0.717) is 11.3 Å². The quantitative estimate of drug-likeness (QED) is 0.362. The molecule has 0 aromatic heterocycles. The molecule has 1 unspecified atom stereocenters. The first-order chi connectivity index (χ1) is 15.4. The fourth-order valence-corrected chi connectivity index (χ4v) is 5.31. The van der Waals surface area contributed by atoms with E-state index in [-0.39, 0.29) is 11.8 Å². The molecule has 2 aromatic carbocycles. The minimum atomic E-state index is -3.26. The van der Waals surface area contributed by atoms with Gasteiger partial charge in [-0.15, -0.1) is 0 Å². The maximum Gasteiger partial charge on any atom is 0.178 e. The van der Waals surface area contributed by atoms with Crippen molar-refractivity contribution < 1.29 is 8.42 Å². The van der Waals surface area contributed by atoms with Crippen LogP contribution < -0.4 is 5.32 Å². The van der Waals surface area contributed by atoms with Crippen LogP contribution in [0.15, 0.2) is 53.4 Å². The topological polar surface area (TPSA) is 49.4 Å². The van der Waals surface area contributed by atoms with Gasteiger partial charge in [0.15, 0.2) is 9.84 Å². The van der Waals surface area contributed by atoms with Crippen LogP contribution in [0.1, 0.15) is 69.2 Å². The molecule has 0 amide bonds. The van der Waals surface area contributed by atoms with Crippen molar-refractivity contribution >= 4 is 9.84 Å². The third-order valence-corrected chi connectivity index (χ3v) is 7.92. The molecule has 1 N–H and O–H groups in total. The fourth-order valence-electron chi connectivity index (χ4n) is 4.00. The lowest BCUT2D eigenvalue weighted by molar-refractivity contribution is 0.339. The van der Waals surface area contributed by atoms with E-state index in [1.165, 1.54) is 11.1 Å². The summed E-state index contributed by atoms with van der Waals surface area (Å²) in [6, 6.07) is 16.3. The molecule has 5 heteroatoms. The Balaban J connectivity index is 1.88. The summed E-state index contributed by atoms with van der Waals surface area (Å²) in [6.45, 7) is 9.62. The summed E-state index contributed by atoms with van der Waals surface area (Å²) in [5, 5.41) is 3.61. The van der Waals surface area contributed by atoms with E-state index >= 15 is 0 Å². The van der Waals surface area contributed by atoms with Gasteiger partial charge < -0.3 is 10.2 Å². The second-order valence-corrected chi connectivity index (χ2v) is 10.8. The zero-order chi connectivity index (χ0) is 23.4. The third kappa shape index (κ3) is 8.68. The summed E-state index contributed by atoms with van der Waals surface area (Å²) >= 11 is 0. The normalized spacial score (nSPS) is 12.9. The lowest BCUT2D eigenvalue weighted by atomic mass is 10.0. The molecule has 0 aliphatic rings. The van der Waals surface area contributed by atoms with E-state index in [0.717, 1.165) is 57.3 Å². The predicted molar refractivity (Wildman–Crippen MR) is 136 cm³/mol. The molecule has 0 saturated carbocycles. The Bertz CT molecular complexity index is 894. The number of rotatable bonds is 15. The van der Waals surface area contributed by atoms with Gasteiger partial charge in [0, 0.05) is 6.04 Å². The standard InChI is InChI=1S/C27H42N2O2S/c1-5-11-23-12-8-13-24(22-23)14-9-21-32(30,31)26-17-15-25(16-18-26)27(6-2)28-19-10-20-29(4)7-3/h8,12-13,15-18,22,27-28H,5-7,9-11,14,19-21H2,1-4H3. The summed E-state index contributed by atoms with van der Waals surface area (Å²) in [4.78, 5) is 2.74. The molecular formula is C27H42N2O2S. The van der Waals surface area contributed by atoms with Gasteiger partial charge in [-0.3, -0.25) is 0 Å². The molecule has 0 fully saturated rings. The van der Waals surface area contributed by atoms with Crippen LogP contribution in [0.3, 0.4) is 0 Å². The van der Waals surface area contributed by atoms with Gasteiger partial charge in [0.25, 0.3) is 0 Å². The van der Waals surface area contributed by atoms with Crippen molar-refractivity contribution in [3.63, 3.8) is 0 Å². The van der Waals surface area contributed by atoms with Crippen LogP contribution in [0.5, 0.6) is 0 Å². The Morgan fingerprint density at radius 2 is 1.62 bits per heavy atom. The van der Waals surface area contributed by atoms with Crippen LogP contribution in [-0.4, -0.2) is 45.8 Å². The highest BCUT2D eigenvalue weighted by Gasteiger charge is 2.16. The van der Waals surface area contributed by atoms with Crippen LogP contribution in [-0.2, 0) is 22.7 Å². The smallest absolute Gasteiger partial charge is 0.178 e. The molecule has 4 nitrogen and oxygen atoms in total. The van der Waals surface area contributed by atoms with E-state index in [1.54, 1.807) is 12.1 Å². The van der Waals surface area contributed by atoms with E-state index in [1.807, 2.05) is 12.1 Å². The average Bonchev–Trinajstić information content (AvgIpc) is 2.79. The first-order valence-corrected chi connectivity index (χ1v) is 13.9. The highest BCUT2D eigenvalue weighted by atomic mass is 32.2. The van der Waals surface area contributed by atoms with Crippen molar-refractivity contribution in [3.8, 4) is 0 Å². The summed E-state index contributed by atoms with van der Waals surface area (Å²) in [5.74, 6) is 0.185. The number of nitrogens with zero attached hydrogens (tertiary/aromatic N) is 1. The van der Waals surface area contributed by atoms with Crippen molar-refractivity contribution in [3.05, 3.63) is 65.2 Å². The van der Waals surface area contributed by atoms with E-state index in [2.05, 4.69) is 62.3 Å². The van der Waals surface area contributed by atoms with Crippen LogP contribution in [0.2, 0.25) is 0 Å². The Morgan fingerprint density at radius 3 is 2.25 bits per heavy atom. The third-order valence-electron chi connectivity index (χ3n) is 6.11. The zero-order valence-corrected chi connectivity index (χ0v) is 21.3. The summed E-state index contributed by atoms with van der Waals surface area (Å²) < 4.78 is 25.7. The van der Waals surface area contributed by atoms with Gasteiger partial charge in [0.05, 0.1) is 10.6 Å². The lowest BCUT2D eigenvalue weighted by Gasteiger charge is -2.19. The number of nitrogens with one attached hydrogen (secondary N) is 1. The molecule has 0 spiro atoms. The monoisotopic (exact) mass is 458 g/mol. The molecule has 2 rings (SSSR count). The SMILES string of the molecule is CCCc1cccc(CCCS(=O)(=O)c2ccc(C(CC)NCCCN(C)CC)cc2)c1. The first-order valence-electron chi connectivity index (χ1n) is 12.2. The highest BCUT2D eigenvalue weighted by Crippen LogP contribution is 2.21. The highest BCUT2D eigenvalue weighted by molar-refractivity contribution is 7.91. The van der Waals surface area contributed by atoms with Gasteiger partial charge in [0.2, 0.25) is 0 Å². The molecule has 2 aromatic rings. The van der Waals surface area contributed by atoms with Gasteiger partial charge >= 0.3 is 0 Å². The van der Waals surface area contributed by atoms with Crippen molar-refractivity contribution in [2.24, 2.45) is 0 Å². The van der Waals surface area contributed by atoms with Crippen LogP contribution >= 0.6 is 0 Å². The molecule has 32 heavy (non-hydrogen) atoms. The average molecular weight is 459 g/mol. The molecule has 178 valence electrons. The van der Waals surface area contributed by atoms with E-state index in [4.69, 9.17) is 0 Å².